The Kier molecular flexibility index (Phi) is 9.76. The van der Waals surface area contributed by atoms with Crippen LogP contribution in [0.3, 0.4) is 0 Å². The van der Waals surface area contributed by atoms with Crippen molar-refractivity contribution in [1.82, 2.24) is 14.3 Å². The van der Waals surface area contributed by atoms with Crippen molar-refractivity contribution in [3.63, 3.8) is 0 Å². The Morgan fingerprint density at radius 3 is 2.18 bits per heavy atom. The third-order valence-electron chi connectivity index (χ3n) is 6.86. The third-order valence-corrected chi connectivity index (χ3v) is 9.20. The van der Waals surface area contributed by atoms with E-state index < -0.39 is 34.1 Å². The molecule has 2 aromatic heterocycles. The molecule has 0 aliphatic carbocycles. The van der Waals surface area contributed by atoms with Crippen molar-refractivity contribution < 1.29 is 26.4 Å². The fraction of sp³-hybridized carbons (Fsp3) is 0.121. The molecule has 2 heterocycles. The lowest BCUT2D eigenvalue weighted by atomic mass is 10.0. The van der Waals surface area contributed by atoms with Crippen molar-refractivity contribution in [3.8, 4) is 11.3 Å². The Balaban J connectivity index is 1.28. The number of nitrogens with one attached hydrogen (secondary N) is 1. The number of amides is 1. The number of aromatic nitrogens is 2. The molecule has 0 unspecified atom stereocenters. The third kappa shape index (κ3) is 8.21. The summed E-state index contributed by atoms with van der Waals surface area (Å²) in [5, 5.41) is 2.59. The topological polar surface area (TPSA) is 92.3 Å². The summed E-state index contributed by atoms with van der Waals surface area (Å²) in [5.41, 5.74) is 2.23. The molecule has 45 heavy (non-hydrogen) atoms. The standard InChI is InChI=1S/C33H26BrF3N4O3S/c34-27-11-14-29(15-12-27)45(43,44)41(22-24-4-3-17-38-19-24)21-23-7-9-25(10-8-23)31-16-13-28(20-39-31)40-32(42)18-26-5-1-2-6-30(26)33(35,36)37/h1-17,19-20H,18,21-22H2,(H,40,42). The van der Waals surface area contributed by atoms with Crippen LogP contribution in [0.4, 0.5) is 18.9 Å². The van der Waals surface area contributed by atoms with Gasteiger partial charge in [-0.15, -0.1) is 0 Å². The predicted molar refractivity (Wildman–Crippen MR) is 168 cm³/mol. The zero-order valence-electron chi connectivity index (χ0n) is 23.6. The highest BCUT2D eigenvalue weighted by Gasteiger charge is 2.33. The average molecular weight is 696 g/mol. The lowest BCUT2D eigenvalue weighted by Crippen LogP contribution is -2.30. The Labute approximate surface area is 267 Å². The first kappa shape index (κ1) is 32.0. The number of carbonyl (C=O) groups excluding carboxylic acids is 1. The quantitative estimate of drug-likeness (QED) is 0.164. The molecular formula is C33H26BrF3N4O3S. The molecule has 0 aliphatic heterocycles. The van der Waals surface area contributed by atoms with E-state index in [2.05, 4.69) is 31.2 Å². The maximum Gasteiger partial charge on any atom is 0.416 e. The van der Waals surface area contributed by atoms with Gasteiger partial charge >= 0.3 is 6.18 Å². The van der Waals surface area contributed by atoms with Gasteiger partial charge < -0.3 is 5.32 Å². The van der Waals surface area contributed by atoms with Gasteiger partial charge in [-0.3, -0.25) is 14.8 Å². The van der Waals surface area contributed by atoms with Gasteiger partial charge in [-0.05, 0) is 65.2 Å². The smallest absolute Gasteiger partial charge is 0.324 e. The van der Waals surface area contributed by atoms with E-state index in [1.165, 1.54) is 28.7 Å². The normalized spacial score (nSPS) is 11.8. The number of pyridine rings is 2. The Morgan fingerprint density at radius 2 is 1.53 bits per heavy atom. The summed E-state index contributed by atoms with van der Waals surface area (Å²) in [6.07, 6.45) is -0.305. The van der Waals surface area contributed by atoms with E-state index in [-0.39, 0.29) is 23.5 Å². The molecule has 0 saturated carbocycles. The summed E-state index contributed by atoms with van der Waals surface area (Å²) >= 11 is 3.34. The van der Waals surface area contributed by atoms with Crippen LogP contribution >= 0.6 is 15.9 Å². The van der Waals surface area contributed by atoms with E-state index >= 15 is 0 Å². The number of rotatable bonds is 10. The summed E-state index contributed by atoms with van der Waals surface area (Å²) < 4.78 is 69.2. The van der Waals surface area contributed by atoms with Gasteiger partial charge in [0.05, 0.1) is 34.5 Å². The average Bonchev–Trinajstić information content (AvgIpc) is 3.02. The van der Waals surface area contributed by atoms with Crippen molar-refractivity contribution in [1.29, 1.82) is 0 Å². The summed E-state index contributed by atoms with van der Waals surface area (Å²) in [7, 11) is -3.84. The molecule has 1 amide bonds. The van der Waals surface area contributed by atoms with Gasteiger partial charge in [0, 0.05) is 35.5 Å². The van der Waals surface area contributed by atoms with Gasteiger partial charge in [0.15, 0.2) is 0 Å². The van der Waals surface area contributed by atoms with Crippen LogP contribution in [0.1, 0.15) is 22.3 Å². The molecule has 3 aromatic carbocycles. The lowest BCUT2D eigenvalue weighted by molar-refractivity contribution is -0.138. The second-order valence-corrected chi connectivity index (χ2v) is 13.0. The van der Waals surface area contributed by atoms with Gasteiger partial charge in [0.1, 0.15) is 0 Å². The summed E-state index contributed by atoms with van der Waals surface area (Å²) in [4.78, 5) is 21.1. The van der Waals surface area contributed by atoms with Crippen LogP contribution in [0, 0.1) is 0 Å². The molecule has 0 atom stereocenters. The maximum absolute atomic E-state index is 13.6. The minimum atomic E-state index is -4.55. The minimum absolute atomic E-state index is 0.115. The van der Waals surface area contributed by atoms with Crippen molar-refractivity contribution >= 4 is 37.5 Å². The van der Waals surface area contributed by atoms with Gasteiger partial charge in [0.25, 0.3) is 0 Å². The number of nitrogens with zero attached hydrogens (tertiary/aromatic N) is 3. The largest absolute Gasteiger partial charge is 0.416 e. The molecule has 0 saturated heterocycles. The molecule has 5 rings (SSSR count). The second kappa shape index (κ2) is 13.7. The Bertz CT molecular complexity index is 1870. The second-order valence-electron chi connectivity index (χ2n) is 10.1. The Hall–Kier alpha value is -4.39. The van der Waals surface area contributed by atoms with Crippen LogP contribution in [0.5, 0.6) is 0 Å². The molecule has 0 radical (unpaired) electrons. The number of alkyl halides is 3. The van der Waals surface area contributed by atoms with Gasteiger partial charge in [-0.2, -0.15) is 17.5 Å². The van der Waals surface area contributed by atoms with Gasteiger partial charge in [-0.25, -0.2) is 8.42 Å². The van der Waals surface area contributed by atoms with Crippen LogP contribution in [-0.2, 0) is 40.5 Å². The van der Waals surface area contributed by atoms with Gasteiger partial charge in [0.2, 0.25) is 15.9 Å². The highest BCUT2D eigenvalue weighted by Crippen LogP contribution is 2.32. The molecule has 0 spiro atoms. The Morgan fingerprint density at radius 1 is 0.822 bits per heavy atom. The van der Waals surface area contributed by atoms with Gasteiger partial charge in [-0.1, -0.05) is 64.5 Å². The first-order chi connectivity index (χ1) is 21.5. The van der Waals surface area contributed by atoms with E-state index in [4.69, 9.17) is 0 Å². The maximum atomic E-state index is 13.6. The zero-order chi connectivity index (χ0) is 32.0. The summed E-state index contributed by atoms with van der Waals surface area (Å²) in [5.74, 6) is -0.598. The molecule has 0 bridgehead atoms. The first-order valence-electron chi connectivity index (χ1n) is 13.6. The summed E-state index contributed by atoms with van der Waals surface area (Å²) in [6.45, 7) is 0.244. The molecule has 0 aliphatic rings. The number of benzene rings is 3. The lowest BCUT2D eigenvalue weighted by Gasteiger charge is -2.22. The number of carbonyl (C=O) groups is 1. The van der Waals surface area contributed by atoms with Crippen LogP contribution in [0.25, 0.3) is 11.3 Å². The predicted octanol–water partition coefficient (Wildman–Crippen LogP) is 7.50. The van der Waals surface area contributed by atoms with Crippen LogP contribution in [0.2, 0.25) is 0 Å². The molecule has 12 heteroatoms. The molecule has 7 nitrogen and oxygen atoms in total. The van der Waals surface area contributed by atoms with E-state index in [0.717, 1.165) is 27.2 Å². The van der Waals surface area contributed by atoms with E-state index in [1.54, 1.807) is 54.9 Å². The molecular weight excluding hydrogens is 669 g/mol. The molecule has 0 fully saturated rings. The zero-order valence-corrected chi connectivity index (χ0v) is 26.0. The number of hydrogen-bond donors (Lipinski definition) is 1. The highest BCUT2D eigenvalue weighted by atomic mass is 79.9. The van der Waals surface area contributed by atoms with Crippen molar-refractivity contribution in [3.05, 3.63) is 142 Å². The fourth-order valence-electron chi connectivity index (χ4n) is 4.63. The number of anilines is 1. The van der Waals surface area contributed by atoms with Crippen molar-refractivity contribution in [2.24, 2.45) is 0 Å². The van der Waals surface area contributed by atoms with E-state index in [0.29, 0.717) is 11.4 Å². The highest BCUT2D eigenvalue weighted by molar-refractivity contribution is 9.10. The first-order valence-corrected chi connectivity index (χ1v) is 15.9. The van der Waals surface area contributed by atoms with Crippen LogP contribution in [-0.4, -0.2) is 28.6 Å². The van der Waals surface area contributed by atoms with Crippen LogP contribution in [0.15, 0.2) is 125 Å². The van der Waals surface area contributed by atoms with Crippen LogP contribution < -0.4 is 5.32 Å². The monoisotopic (exact) mass is 694 g/mol. The van der Waals surface area contributed by atoms with Crippen molar-refractivity contribution in [2.75, 3.05) is 5.32 Å². The van der Waals surface area contributed by atoms with E-state index in [9.17, 15) is 26.4 Å². The minimum Gasteiger partial charge on any atom is -0.324 e. The fourth-order valence-corrected chi connectivity index (χ4v) is 6.31. The number of halogens is 4. The SMILES string of the molecule is O=C(Cc1ccccc1C(F)(F)F)Nc1ccc(-c2ccc(CN(Cc3cccnc3)S(=O)(=O)c3ccc(Br)cc3)cc2)nc1. The molecule has 1 N–H and O–H groups in total. The molecule has 230 valence electrons. The number of sulfonamides is 1. The molecule has 5 aromatic rings. The number of hydrogen-bond acceptors (Lipinski definition) is 5. The van der Waals surface area contributed by atoms with E-state index in [1.807, 2.05) is 30.3 Å². The summed E-state index contributed by atoms with van der Waals surface area (Å²) in [6, 6.07) is 25.6. The van der Waals surface area contributed by atoms with Crippen molar-refractivity contribution in [2.45, 2.75) is 30.6 Å².